The average molecular weight is 392 g/mol. The van der Waals surface area contributed by atoms with Gasteiger partial charge >= 0.3 is 0 Å². The fraction of sp³-hybridized carbons (Fsp3) is 0.875. The van der Waals surface area contributed by atoms with Crippen LogP contribution < -0.4 is 10.6 Å². The number of ether oxygens (including phenoxy) is 1. The Kier molecular flexibility index (Phi) is 9.89. The molecule has 9 nitrogen and oxygen atoms in total. The Morgan fingerprint density at radius 1 is 1.19 bits per heavy atom. The molecule has 1 fully saturated rings. The second kappa shape index (κ2) is 11.3. The third kappa shape index (κ3) is 8.33. The first kappa shape index (κ1) is 22.7. The lowest BCUT2D eigenvalue weighted by molar-refractivity contribution is -0.118. The molecule has 0 aromatic heterocycles. The van der Waals surface area contributed by atoms with E-state index in [-0.39, 0.29) is 24.4 Å². The Bertz CT molecular complexity index is 557. The van der Waals surface area contributed by atoms with Crippen LogP contribution in [0.5, 0.6) is 0 Å². The maximum absolute atomic E-state index is 12.4. The zero-order valence-corrected chi connectivity index (χ0v) is 17.1. The van der Waals surface area contributed by atoms with E-state index in [1.807, 2.05) is 25.7 Å². The van der Waals surface area contributed by atoms with Crippen LogP contribution in [-0.4, -0.2) is 93.8 Å². The molecule has 1 saturated heterocycles. The minimum Gasteiger partial charge on any atom is -0.378 e. The number of hydrogen-bond acceptors (Lipinski definition) is 5. The van der Waals surface area contributed by atoms with Gasteiger partial charge in [0.1, 0.15) is 0 Å². The lowest BCUT2D eigenvalue weighted by atomic mass is 10.4. The SMILES string of the molecule is CCNC(=NCCNC(C)=O)N1CCN(S(=O)(=O)CCOC(C)C)CC1. The molecule has 0 unspecified atom stereocenters. The second-order valence-electron chi connectivity index (χ2n) is 6.34. The molecule has 1 aliphatic heterocycles. The largest absolute Gasteiger partial charge is 0.378 e. The molecular formula is C16H33N5O4S. The van der Waals surface area contributed by atoms with E-state index in [0.29, 0.717) is 39.3 Å². The van der Waals surface area contributed by atoms with Crippen molar-refractivity contribution in [1.29, 1.82) is 0 Å². The number of nitrogens with one attached hydrogen (secondary N) is 2. The molecule has 0 bridgehead atoms. The van der Waals surface area contributed by atoms with Gasteiger partial charge in [-0.25, -0.2) is 8.42 Å². The number of rotatable bonds is 9. The zero-order chi connectivity index (χ0) is 19.6. The van der Waals surface area contributed by atoms with E-state index in [2.05, 4.69) is 15.6 Å². The summed E-state index contributed by atoms with van der Waals surface area (Å²) in [6, 6.07) is 0. The summed E-state index contributed by atoms with van der Waals surface area (Å²) >= 11 is 0. The summed E-state index contributed by atoms with van der Waals surface area (Å²) in [6.07, 6.45) is 0.0263. The van der Waals surface area contributed by atoms with E-state index in [1.165, 1.54) is 11.2 Å². The number of aliphatic imine (C=N–C) groups is 1. The topological polar surface area (TPSA) is 103 Å². The Morgan fingerprint density at radius 3 is 2.38 bits per heavy atom. The summed E-state index contributed by atoms with van der Waals surface area (Å²) in [6.45, 7) is 11.2. The van der Waals surface area contributed by atoms with Crippen molar-refractivity contribution in [2.45, 2.75) is 33.8 Å². The highest BCUT2D eigenvalue weighted by atomic mass is 32.2. The summed E-state index contributed by atoms with van der Waals surface area (Å²) in [5.41, 5.74) is 0. The maximum atomic E-state index is 12.4. The fourth-order valence-corrected chi connectivity index (χ4v) is 3.80. The molecule has 1 amide bonds. The van der Waals surface area contributed by atoms with Gasteiger partial charge in [-0.3, -0.25) is 9.79 Å². The van der Waals surface area contributed by atoms with Crippen molar-refractivity contribution in [1.82, 2.24) is 19.8 Å². The highest BCUT2D eigenvalue weighted by molar-refractivity contribution is 7.89. The van der Waals surface area contributed by atoms with Gasteiger partial charge in [0.15, 0.2) is 5.96 Å². The molecule has 0 radical (unpaired) electrons. The zero-order valence-electron chi connectivity index (χ0n) is 16.3. The Balaban J connectivity index is 2.52. The Labute approximate surface area is 157 Å². The summed E-state index contributed by atoms with van der Waals surface area (Å²) in [7, 11) is -3.30. The van der Waals surface area contributed by atoms with Crippen molar-refractivity contribution < 1.29 is 17.9 Å². The molecule has 0 aromatic carbocycles. The molecule has 10 heteroatoms. The number of guanidine groups is 1. The van der Waals surface area contributed by atoms with E-state index >= 15 is 0 Å². The van der Waals surface area contributed by atoms with E-state index in [4.69, 9.17) is 4.74 Å². The number of piperazine rings is 1. The molecule has 0 aromatic rings. The van der Waals surface area contributed by atoms with E-state index in [0.717, 1.165) is 12.5 Å². The highest BCUT2D eigenvalue weighted by Crippen LogP contribution is 2.09. The van der Waals surface area contributed by atoms with Gasteiger partial charge in [0.2, 0.25) is 15.9 Å². The molecule has 0 spiro atoms. The van der Waals surface area contributed by atoms with Gasteiger partial charge in [0.05, 0.1) is 25.0 Å². The molecular weight excluding hydrogens is 358 g/mol. The smallest absolute Gasteiger partial charge is 0.216 e. The van der Waals surface area contributed by atoms with Crippen molar-refractivity contribution in [3.8, 4) is 0 Å². The van der Waals surface area contributed by atoms with Crippen LogP contribution in [0.3, 0.4) is 0 Å². The van der Waals surface area contributed by atoms with Crippen LogP contribution in [0.15, 0.2) is 4.99 Å². The average Bonchev–Trinajstić information content (AvgIpc) is 2.57. The molecule has 1 heterocycles. The van der Waals surface area contributed by atoms with Gasteiger partial charge in [-0.2, -0.15) is 4.31 Å². The van der Waals surface area contributed by atoms with Gasteiger partial charge in [0.25, 0.3) is 0 Å². The lowest BCUT2D eigenvalue weighted by Crippen LogP contribution is -2.54. The summed E-state index contributed by atoms with van der Waals surface area (Å²) in [5, 5.41) is 5.92. The third-order valence-electron chi connectivity index (χ3n) is 3.81. The van der Waals surface area contributed by atoms with Gasteiger partial charge in [-0.1, -0.05) is 0 Å². The molecule has 152 valence electrons. The standard InChI is InChI=1S/C16H33N5O4S/c1-5-17-16(19-7-6-18-15(4)22)20-8-10-21(11-9-20)26(23,24)13-12-25-14(2)3/h14H,5-13H2,1-4H3,(H,17,19)(H,18,22). The lowest BCUT2D eigenvalue weighted by Gasteiger charge is -2.35. The molecule has 1 aliphatic rings. The van der Waals surface area contributed by atoms with Crippen LogP contribution in [0.1, 0.15) is 27.7 Å². The normalized spacial score (nSPS) is 16.8. The van der Waals surface area contributed by atoms with Crippen molar-refractivity contribution in [3.63, 3.8) is 0 Å². The van der Waals surface area contributed by atoms with Crippen LogP contribution in [0.25, 0.3) is 0 Å². The predicted octanol–water partition coefficient (Wildman–Crippen LogP) is -0.540. The minimum atomic E-state index is -3.30. The van der Waals surface area contributed by atoms with Crippen molar-refractivity contribution in [3.05, 3.63) is 0 Å². The maximum Gasteiger partial charge on any atom is 0.216 e. The summed E-state index contributed by atoms with van der Waals surface area (Å²) in [4.78, 5) is 17.4. The van der Waals surface area contributed by atoms with E-state index in [9.17, 15) is 13.2 Å². The van der Waals surface area contributed by atoms with Crippen molar-refractivity contribution in [2.24, 2.45) is 4.99 Å². The summed E-state index contributed by atoms with van der Waals surface area (Å²) < 4.78 is 31.6. The second-order valence-corrected chi connectivity index (χ2v) is 8.43. The first-order chi connectivity index (χ1) is 12.3. The van der Waals surface area contributed by atoms with Crippen LogP contribution in [0, 0.1) is 0 Å². The molecule has 26 heavy (non-hydrogen) atoms. The number of carbonyl (C=O) groups is 1. The quantitative estimate of drug-likeness (QED) is 0.311. The Hall–Kier alpha value is -1.39. The van der Waals surface area contributed by atoms with E-state index < -0.39 is 10.0 Å². The van der Waals surface area contributed by atoms with Crippen LogP contribution >= 0.6 is 0 Å². The number of amides is 1. The van der Waals surface area contributed by atoms with Crippen LogP contribution in [-0.2, 0) is 19.6 Å². The Morgan fingerprint density at radius 2 is 1.85 bits per heavy atom. The minimum absolute atomic E-state index is 0.00997. The number of nitrogens with zero attached hydrogens (tertiary/aromatic N) is 3. The number of sulfonamides is 1. The van der Waals surface area contributed by atoms with Crippen LogP contribution in [0.2, 0.25) is 0 Å². The number of carbonyl (C=O) groups excluding carboxylic acids is 1. The van der Waals surface area contributed by atoms with Gasteiger partial charge in [-0.15, -0.1) is 0 Å². The van der Waals surface area contributed by atoms with Crippen molar-refractivity contribution in [2.75, 3.05) is 58.2 Å². The third-order valence-corrected chi connectivity index (χ3v) is 5.64. The first-order valence-corrected chi connectivity index (χ1v) is 10.7. The van der Waals surface area contributed by atoms with Crippen molar-refractivity contribution >= 4 is 21.9 Å². The highest BCUT2D eigenvalue weighted by Gasteiger charge is 2.27. The monoisotopic (exact) mass is 391 g/mol. The molecule has 0 saturated carbocycles. The molecule has 0 atom stereocenters. The van der Waals surface area contributed by atoms with E-state index in [1.54, 1.807) is 0 Å². The molecule has 0 aliphatic carbocycles. The number of hydrogen-bond donors (Lipinski definition) is 2. The van der Waals surface area contributed by atoms with Gasteiger partial charge in [0, 0.05) is 46.2 Å². The van der Waals surface area contributed by atoms with Gasteiger partial charge in [-0.05, 0) is 20.8 Å². The van der Waals surface area contributed by atoms with Crippen LogP contribution in [0.4, 0.5) is 0 Å². The fourth-order valence-electron chi connectivity index (χ4n) is 2.52. The van der Waals surface area contributed by atoms with Gasteiger partial charge < -0.3 is 20.3 Å². The molecule has 2 N–H and O–H groups in total. The first-order valence-electron chi connectivity index (χ1n) is 9.13. The predicted molar refractivity (Wildman–Crippen MR) is 103 cm³/mol. The summed E-state index contributed by atoms with van der Waals surface area (Å²) in [5.74, 6) is 0.680. The molecule has 1 rings (SSSR count).